The largest absolute Gasteiger partial charge is 0.521 e. The van der Waals surface area contributed by atoms with Gasteiger partial charge in [0.1, 0.15) is 69.8 Å². The van der Waals surface area contributed by atoms with Crippen LogP contribution in [0.3, 0.4) is 0 Å². The van der Waals surface area contributed by atoms with E-state index in [4.69, 9.17) is 0 Å². The van der Waals surface area contributed by atoms with Gasteiger partial charge in [0.05, 0.1) is 0 Å². The van der Waals surface area contributed by atoms with Crippen LogP contribution < -0.4 is 43.2 Å². The van der Waals surface area contributed by atoms with E-state index in [0.717, 1.165) is 41.5 Å². The molecule has 2 nitrogen and oxygen atoms in total. The highest BCUT2D eigenvalue weighted by atomic mass is 19.2. The molecule has 0 aromatic heterocycles. The molecule has 34 heteroatoms. The first-order valence-corrected chi connectivity index (χ1v) is 20.6. The third-order valence-corrected chi connectivity index (χ3v) is 11.7. The fourth-order valence-corrected chi connectivity index (χ4v) is 9.00. The molecule has 424 valence electrons. The number of quaternary nitrogens is 2. The highest BCUT2D eigenvalue weighted by Crippen LogP contribution is 2.29. The SMILES string of the molecule is CC(C)(C)[NH2+][B-](c1c(F)c(F)c(F)c(F)c1F)(c1c(F)c(F)c(F)c(F)c1F)c1c(F)c(F)c(F)c(F)c1F.CC(C)(C)[NH2+][B-](c1c(F)c(F)c(F)c(F)c1F)(c1c(F)c(F)c(F)c(F)c1F)c1c(F)c(F)c(F)c(F)c1F. The molecule has 0 saturated heterocycles. The second-order valence-electron chi connectivity index (χ2n) is 18.8. The maximum atomic E-state index is 15.2. The van der Waals surface area contributed by atoms with E-state index >= 15 is 52.7 Å². The maximum absolute atomic E-state index is 15.2. The Morgan fingerprint density at radius 2 is 0.244 bits per heavy atom. The van der Waals surface area contributed by atoms with Crippen molar-refractivity contribution in [2.75, 3.05) is 0 Å². The molecule has 0 aliphatic rings. The number of hydrogen-bond donors (Lipinski definition) is 2. The summed E-state index contributed by atoms with van der Waals surface area (Å²) in [6.07, 6.45) is -11.3. The Kier molecular flexibility index (Phi) is 16.6. The second kappa shape index (κ2) is 20.8. The highest BCUT2D eigenvalue weighted by molar-refractivity contribution is 7.06. The molecule has 4 N–H and O–H groups in total. The summed E-state index contributed by atoms with van der Waals surface area (Å²) < 4.78 is 437. The van der Waals surface area contributed by atoms with Gasteiger partial charge in [0.2, 0.25) is 0 Å². The summed E-state index contributed by atoms with van der Waals surface area (Å²) in [5, 5.41) is -0.0519. The van der Waals surface area contributed by atoms with E-state index in [0.29, 0.717) is 0 Å². The Morgan fingerprint density at radius 1 is 0.167 bits per heavy atom. The van der Waals surface area contributed by atoms with Crippen molar-refractivity contribution in [1.82, 2.24) is 0 Å². The summed E-state index contributed by atoms with van der Waals surface area (Å²) in [4.78, 5) is 0. The number of hydrogen-bond acceptors (Lipinski definition) is 0. The van der Waals surface area contributed by atoms with Crippen LogP contribution in [0.5, 0.6) is 0 Å². The molecular weight excluding hydrogens is 1150 g/mol. The topological polar surface area (TPSA) is 33.2 Å². The Labute approximate surface area is 414 Å². The van der Waals surface area contributed by atoms with Crippen LogP contribution >= 0.6 is 0 Å². The summed E-state index contributed by atoms with van der Waals surface area (Å²) in [6.45, 7) is 5.30. The van der Waals surface area contributed by atoms with Crippen LogP contribution in [0.15, 0.2) is 0 Å². The van der Waals surface area contributed by atoms with Crippen LogP contribution in [0.1, 0.15) is 41.5 Å². The van der Waals surface area contributed by atoms with Crippen LogP contribution in [0, 0.1) is 175 Å². The monoisotopic (exact) mass is 1170 g/mol. The Hall–Kier alpha value is -6.73. The summed E-state index contributed by atoms with van der Waals surface area (Å²) in [7, 11) is 0. The van der Waals surface area contributed by atoms with Crippen molar-refractivity contribution in [2.45, 2.75) is 52.6 Å². The third kappa shape index (κ3) is 9.41. The average Bonchev–Trinajstić information content (AvgIpc) is 3.35. The van der Waals surface area contributed by atoms with E-state index in [2.05, 4.69) is 0 Å². The van der Waals surface area contributed by atoms with E-state index in [9.17, 15) is 79.0 Å². The lowest BCUT2D eigenvalue weighted by Gasteiger charge is -2.44. The molecule has 78 heavy (non-hydrogen) atoms. The number of rotatable bonds is 8. The van der Waals surface area contributed by atoms with Crippen LogP contribution in [-0.2, 0) is 0 Å². The molecule has 0 bridgehead atoms. The van der Waals surface area contributed by atoms with Gasteiger partial charge in [-0.05, 0) is 41.5 Å². The highest BCUT2D eigenvalue weighted by Gasteiger charge is 2.57. The molecule has 0 aliphatic heterocycles. The predicted molar refractivity (Wildman–Crippen MR) is 210 cm³/mol. The van der Waals surface area contributed by atoms with Crippen molar-refractivity contribution in [3.8, 4) is 0 Å². The first-order valence-electron chi connectivity index (χ1n) is 20.6. The van der Waals surface area contributed by atoms with Gasteiger partial charge in [-0.15, -0.1) is 0 Å². The molecule has 0 aliphatic carbocycles. The van der Waals surface area contributed by atoms with Gasteiger partial charge in [-0.2, -0.15) is 0 Å². The van der Waals surface area contributed by atoms with Crippen LogP contribution in [0.25, 0.3) is 0 Å². The predicted octanol–water partition coefficient (Wildman–Crippen LogP) is 8.20. The van der Waals surface area contributed by atoms with E-state index in [-0.39, 0.29) is 10.5 Å². The van der Waals surface area contributed by atoms with Gasteiger partial charge in [0.25, 0.3) is 0 Å². The molecule has 6 aromatic rings. The van der Waals surface area contributed by atoms with E-state index < -0.39 is 231 Å². The molecule has 0 atom stereocenters. The van der Waals surface area contributed by atoms with Gasteiger partial charge in [0.15, 0.2) is 105 Å². The van der Waals surface area contributed by atoms with E-state index in [1.54, 1.807) is 0 Å². The first kappa shape index (κ1) is 62.1. The second-order valence-corrected chi connectivity index (χ2v) is 18.8. The average molecular weight is 1170 g/mol. The van der Waals surface area contributed by atoms with Gasteiger partial charge in [0, 0.05) is 11.1 Å². The van der Waals surface area contributed by atoms with Gasteiger partial charge < -0.3 is 10.5 Å². The van der Waals surface area contributed by atoms with Crippen molar-refractivity contribution in [2.24, 2.45) is 0 Å². The van der Waals surface area contributed by atoms with Gasteiger partial charge in [-0.3, -0.25) is 0 Å². The minimum Gasteiger partial charge on any atom is -0.521 e. The summed E-state index contributed by atoms with van der Waals surface area (Å²) in [6, 6.07) is 0. The normalized spacial score (nSPS) is 12.5. The Balaban J connectivity index is 0.000000287. The molecule has 0 radical (unpaired) electrons. The molecule has 0 saturated carbocycles. The molecular formula is C44H22B2F30N2. The number of halogens is 30. The van der Waals surface area contributed by atoms with Crippen LogP contribution in [0.2, 0.25) is 0 Å². The molecule has 0 amide bonds. The molecule has 0 spiro atoms. The minimum absolute atomic E-state index is 0.0260. The van der Waals surface area contributed by atoms with Crippen LogP contribution in [-0.4, -0.2) is 23.6 Å². The fourth-order valence-electron chi connectivity index (χ4n) is 9.00. The van der Waals surface area contributed by atoms with E-state index in [1.165, 1.54) is 0 Å². The molecule has 0 fully saturated rings. The summed E-state index contributed by atoms with van der Waals surface area (Å²) >= 11 is 0. The Bertz CT molecular complexity index is 2780. The maximum Gasteiger partial charge on any atom is 0.305 e. The van der Waals surface area contributed by atoms with E-state index in [1.807, 2.05) is 0 Å². The summed E-state index contributed by atoms with van der Waals surface area (Å²) in [5.41, 5.74) is -19.9. The lowest BCUT2D eigenvalue weighted by atomic mass is 9.23. The minimum atomic E-state index is -5.63. The van der Waals surface area contributed by atoms with Crippen molar-refractivity contribution >= 4 is 45.3 Å². The molecule has 0 heterocycles. The zero-order chi connectivity index (χ0) is 60.2. The summed E-state index contributed by atoms with van der Waals surface area (Å²) in [5.74, 6) is -90.4. The number of nitrogens with two attached hydrogens (primary N) is 2. The molecule has 6 aromatic carbocycles. The first-order chi connectivity index (χ1) is 35.5. The lowest BCUT2D eigenvalue weighted by Crippen LogP contribution is -3.17. The standard InChI is InChI=1S/2C22H11BF15N/c2*1-22(2,3)39-23(4-7(24)13(30)19(36)14(31)8(4)25,5-9(26)15(32)20(37)16(33)10(5)27)6-11(28)17(34)21(38)18(35)12(6)29/h2*39H2,1-3H3. The fraction of sp³-hybridized carbons (Fsp3) is 0.182. The Morgan fingerprint density at radius 3 is 0.321 bits per heavy atom. The van der Waals surface area contributed by atoms with Crippen molar-refractivity contribution in [1.29, 1.82) is 0 Å². The van der Waals surface area contributed by atoms with Gasteiger partial charge in [-0.1, -0.05) is 32.8 Å². The lowest BCUT2D eigenvalue weighted by molar-refractivity contribution is -0.600. The smallest absolute Gasteiger partial charge is 0.305 e. The zero-order valence-corrected chi connectivity index (χ0v) is 38.6. The zero-order valence-electron chi connectivity index (χ0n) is 38.6. The van der Waals surface area contributed by atoms with Crippen LogP contribution in [0.4, 0.5) is 132 Å². The third-order valence-electron chi connectivity index (χ3n) is 11.7. The van der Waals surface area contributed by atoms with Crippen molar-refractivity contribution in [3.05, 3.63) is 175 Å². The quantitative estimate of drug-likeness (QED) is 0.0668. The van der Waals surface area contributed by atoms with Crippen molar-refractivity contribution in [3.63, 3.8) is 0 Å². The molecule has 0 unspecified atom stereocenters. The molecule has 6 rings (SSSR count). The number of benzene rings is 6. The van der Waals surface area contributed by atoms with Crippen molar-refractivity contribution < 1.29 is 142 Å². The van der Waals surface area contributed by atoms with Gasteiger partial charge >= 0.3 is 12.6 Å². The van der Waals surface area contributed by atoms with Gasteiger partial charge in [-0.25, -0.2) is 132 Å².